The van der Waals surface area contributed by atoms with Crippen molar-refractivity contribution in [3.8, 4) is 0 Å². The summed E-state index contributed by atoms with van der Waals surface area (Å²) in [5.74, 6) is -1.74. The highest BCUT2D eigenvalue weighted by Crippen LogP contribution is 2.20. The largest absolute Gasteiger partial charge is 0.394 e. The van der Waals surface area contributed by atoms with Crippen molar-refractivity contribution in [1.29, 1.82) is 0 Å². The first-order valence-corrected chi connectivity index (χ1v) is 6.76. The van der Waals surface area contributed by atoms with Crippen molar-refractivity contribution in [2.75, 3.05) is 32.8 Å². The normalized spacial score (nSPS) is 21.9. The minimum Gasteiger partial charge on any atom is -0.394 e. The van der Waals surface area contributed by atoms with Crippen molar-refractivity contribution < 1.29 is 18.6 Å². The third-order valence-corrected chi connectivity index (χ3v) is 3.56. The molecule has 0 bridgehead atoms. The van der Waals surface area contributed by atoms with E-state index >= 15 is 0 Å². The first kappa shape index (κ1) is 15.3. The van der Waals surface area contributed by atoms with Gasteiger partial charge in [0.05, 0.1) is 19.3 Å². The van der Waals surface area contributed by atoms with Crippen LogP contribution in [0.5, 0.6) is 0 Å². The van der Waals surface area contributed by atoms with Gasteiger partial charge in [0.1, 0.15) is 0 Å². The van der Waals surface area contributed by atoms with Gasteiger partial charge in [0, 0.05) is 31.2 Å². The number of nitrogens with two attached hydrogens (primary N) is 1. The zero-order valence-corrected chi connectivity index (χ0v) is 11.3. The minimum atomic E-state index is -0.871. The van der Waals surface area contributed by atoms with Crippen LogP contribution < -0.4 is 5.73 Å². The highest BCUT2D eigenvalue weighted by molar-refractivity contribution is 5.22. The summed E-state index contributed by atoms with van der Waals surface area (Å²) in [6.07, 6.45) is 0.351. The summed E-state index contributed by atoms with van der Waals surface area (Å²) in [5, 5.41) is 9.06. The maximum Gasteiger partial charge on any atom is 0.163 e. The highest BCUT2D eigenvalue weighted by Gasteiger charge is 2.21. The van der Waals surface area contributed by atoms with Crippen LogP contribution in [0.2, 0.25) is 0 Å². The molecule has 3 N–H and O–H groups in total. The molecule has 4 nitrogen and oxygen atoms in total. The van der Waals surface area contributed by atoms with E-state index in [9.17, 15) is 8.78 Å². The average molecular weight is 286 g/mol. The van der Waals surface area contributed by atoms with Crippen LogP contribution in [-0.4, -0.2) is 49.0 Å². The molecule has 112 valence electrons. The summed E-state index contributed by atoms with van der Waals surface area (Å²) in [6, 6.07) is 3.52. The number of hydrogen-bond acceptors (Lipinski definition) is 4. The first-order chi connectivity index (χ1) is 9.61. The molecule has 0 spiro atoms. The molecule has 1 aromatic carbocycles. The molecule has 20 heavy (non-hydrogen) atoms. The second-order valence-electron chi connectivity index (χ2n) is 5.01. The van der Waals surface area contributed by atoms with Gasteiger partial charge < -0.3 is 15.6 Å². The van der Waals surface area contributed by atoms with Gasteiger partial charge >= 0.3 is 0 Å². The molecule has 0 aliphatic carbocycles. The molecule has 2 atom stereocenters. The predicted octanol–water partition coefficient (Wildman–Crippen LogP) is 1.05. The zero-order chi connectivity index (χ0) is 14.5. The Balaban J connectivity index is 1.88. The Morgan fingerprint density at radius 2 is 2.25 bits per heavy atom. The summed E-state index contributed by atoms with van der Waals surface area (Å²) in [7, 11) is 0. The zero-order valence-electron chi connectivity index (χ0n) is 11.3. The number of halogens is 2. The molecular weight excluding hydrogens is 266 g/mol. The fourth-order valence-corrected chi connectivity index (χ4v) is 2.38. The van der Waals surface area contributed by atoms with Crippen molar-refractivity contribution in [2.24, 2.45) is 5.73 Å². The van der Waals surface area contributed by atoms with Crippen LogP contribution in [0.3, 0.4) is 0 Å². The summed E-state index contributed by atoms with van der Waals surface area (Å²) >= 11 is 0. The number of nitrogens with zero attached hydrogens (tertiary/aromatic N) is 1. The van der Waals surface area contributed by atoms with E-state index < -0.39 is 17.7 Å². The van der Waals surface area contributed by atoms with Crippen molar-refractivity contribution in [3.63, 3.8) is 0 Å². The Hall–Kier alpha value is -1.08. The molecule has 1 saturated heterocycles. The van der Waals surface area contributed by atoms with Crippen molar-refractivity contribution >= 4 is 0 Å². The molecule has 1 aliphatic rings. The predicted molar refractivity (Wildman–Crippen MR) is 71.2 cm³/mol. The highest BCUT2D eigenvalue weighted by atomic mass is 19.2. The van der Waals surface area contributed by atoms with E-state index in [2.05, 4.69) is 4.90 Å². The van der Waals surface area contributed by atoms with Crippen LogP contribution in [0.15, 0.2) is 18.2 Å². The van der Waals surface area contributed by atoms with Gasteiger partial charge in [0.15, 0.2) is 11.6 Å². The molecule has 2 unspecified atom stereocenters. The number of benzene rings is 1. The average Bonchev–Trinajstić information content (AvgIpc) is 2.48. The van der Waals surface area contributed by atoms with E-state index in [-0.39, 0.29) is 18.3 Å². The molecule has 1 aliphatic heterocycles. The number of rotatable bonds is 5. The van der Waals surface area contributed by atoms with Crippen molar-refractivity contribution in [2.45, 2.75) is 18.6 Å². The van der Waals surface area contributed by atoms with Crippen LogP contribution in [0.4, 0.5) is 8.78 Å². The number of ether oxygens (including phenoxy) is 1. The standard InChI is InChI=1S/C14H20F2N2O2/c15-12-3-1-2-11(14(12)16)13(17)4-5-18-6-7-20-10(8-18)9-19/h1-3,10,13,19H,4-9,17H2. The van der Waals surface area contributed by atoms with Gasteiger partial charge in [-0.25, -0.2) is 8.78 Å². The molecule has 0 radical (unpaired) electrons. The van der Waals surface area contributed by atoms with Gasteiger partial charge in [-0.15, -0.1) is 0 Å². The topological polar surface area (TPSA) is 58.7 Å². The third kappa shape index (κ3) is 3.73. The SMILES string of the molecule is NC(CCN1CCOC(CO)C1)c1cccc(F)c1F. The van der Waals surface area contributed by atoms with Gasteiger partial charge in [-0.3, -0.25) is 4.90 Å². The van der Waals surface area contributed by atoms with Crippen LogP contribution >= 0.6 is 0 Å². The van der Waals surface area contributed by atoms with Crippen molar-refractivity contribution in [3.05, 3.63) is 35.4 Å². The van der Waals surface area contributed by atoms with Gasteiger partial charge in [-0.1, -0.05) is 12.1 Å². The van der Waals surface area contributed by atoms with E-state index in [1.165, 1.54) is 12.1 Å². The smallest absolute Gasteiger partial charge is 0.163 e. The Bertz CT molecular complexity index is 445. The van der Waals surface area contributed by atoms with Crippen LogP contribution in [0, 0.1) is 11.6 Å². The van der Waals surface area contributed by atoms with E-state index in [0.29, 0.717) is 26.1 Å². The second kappa shape index (κ2) is 7.08. The maximum atomic E-state index is 13.6. The van der Waals surface area contributed by atoms with Crippen LogP contribution in [0.1, 0.15) is 18.0 Å². The summed E-state index contributed by atoms with van der Waals surface area (Å²) in [4.78, 5) is 2.11. The number of morpholine rings is 1. The van der Waals surface area contributed by atoms with E-state index in [1.807, 2.05) is 0 Å². The fraction of sp³-hybridized carbons (Fsp3) is 0.571. The van der Waals surface area contributed by atoms with E-state index in [1.54, 1.807) is 0 Å². The Morgan fingerprint density at radius 3 is 3.00 bits per heavy atom. The van der Waals surface area contributed by atoms with Gasteiger partial charge in [-0.05, 0) is 12.5 Å². The summed E-state index contributed by atoms with van der Waals surface area (Å²) < 4.78 is 32.1. The molecule has 0 amide bonds. The summed E-state index contributed by atoms with van der Waals surface area (Å²) in [6.45, 7) is 2.61. The Morgan fingerprint density at radius 1 is 1.45 bits per heavy atom. The lowest BCUT2D eigenvalue weighted by molar-refractivity contribution is -0.0531. The van der Waals surface area contributed by atoms with Crippen LogP contribution in [-0.2, 0) is 4.74 Å². The monoisotopic (exact) mass is 286 g/mol. The first-order valence-electron chi connectivity index (χ1n) is 6.76. The van der Waals surface area contributed by atoms with Gasteiger partial charge in [-0.2, -0.15) is 0 Å². The molecule has 1 fully saturated rings. The fourth-order valence-electron chi connectivity index (χ4n) is 2.38. The summed E-state index contributed by atoms with van der Waals surface area (Å²) in [5.41, 5.74) is 6.14. The van der Waals surface area contributed by atoms with E-state index in [4.69, 9.17) is 15.6 Å². The van der Waals surface area contributed by atoms with Crippen LogP contribution in [0.25, 0.3) is 0 Å². The third-order valence-electron chi connectivity index (χ3n) is 3.56. The second-order valence-corrected chi connectivity index (χ2v) is 5.01. The lowest BCUT2D eigenvalue weighted by Crippen LogP contribution is -2.44. The molecular formula is C14H20F2N2O2. The molecule has 1 aromatic rings. The van der Waals surface area contributed by atoms with Crippen molar-refractivity contribution in [1.82, 2.24) is 4.90 Å². The molecule has 1 heterocycles. The number of aliphatic hydroxyl groups is 1. The Kier molecular flexibility index (Phi) is 5.42. The quantitative estimate of drug-likeness (QED) is 0.849. The number of aliphatic hydroxyl groups excluding tert-OH is 1. The molecule has 0 aromatic heterocycles. The number of hydrogen-bond donors (Lipinski definition) is 2. The van der Waals surface area contributed by atoms with E-state index in [0.717, 1.165) is 12.6 Å². The minimum absolute atomic E-state index is 0.0128. The molecule has 6 heteroatoms. The maximum absolute atomic E-state index is 13.6. The lowest BCUT2D eigenvalue weighted by Gasteiger charge is -2.32. The Labute approximate surface area is 117 Å². The lowest BCUT2D eigenvalue weighted by atomic mass is 10.0. The van der Waals surface area contributed by atoms with Gasteiger partial charge in [0.25, 0.3) is 0 Å². The molecule has 0 saturated carbocycles. The molecule has 2 rings (SSSR count). The van der Waals surface area contributed by atoms with Gasteiger partial charge in [0.2, 0.25) is 0 Å².